The van der Waals surface area contributed by atoms with Gasteiger partial charge in [0.05, 0.1) is 6.61 Å². The molecule has 1 N–H and O–H groups in total. The van der Waals surface area contributed by atoms with E-state index in [0.29, 0.717) is 6.61 Å². The van der Waals surface area contributed by atoms with Crippen molar-refractivity contribution in [3.05, 3.63) is 42.5 Å². The monoisotopic (exact) mass is 243 g/mol. The van der Waals surface area contributed by atoms with Gasteiger partial charge in [-0.15, -0.1) is 0 Å². The normalized spacial score (nSPS) is 19.9. The molecule has 1 atom stereocenters. The third kappa shape index (κ3) is 2.63. The molecular weight excluding hydrogens is 226 g/mol. The predicted molar refractivity (Wildman–Crippen MR) is 72.1 cm³/mol. The average molecular weight is 243 g/mol. The van der Waals surface area contributed by atoms with Gasteiger partial charge in [-0.3, -0.25) is 0 Å². The van der Waals surface area contributed by atoms with Gasteiger partial charge in [0.1, 0.15) is 18.5 Å². The molecule has 0 spiro atoms. The van der Waals surface area contributed by atoms with E-state index in [9.17, 15) is 0 Å². The maximum atomic E-state index is 5.79. The lowest BCUT2D eigenvalue weighted by Gasteiger charge is -2.23. The highest BCUT2D eigenvalue weighted by atomic mass is 16.5. The van der Waals surface area contributed by atoms with E-state index in [-0.39, 0.29) is 6.10 Å². The number of benzene rings is 2. The Hall–Kier alpha value is -1.58. The number of morpholine rings is 1. The molecule has 0 aromatic heterocycles. The fraction of sp³-hybridized carbons (Fsp3) is 0.333. The van der Waals surface area contributed by atoms with Crippen LogP contribution in [-0.2, 0) is 4.74 Å². The zero-order valence-corrected chi connectivity index (χ0v) is 10.3. The standard InChI is InChI=1S/C15H17NO2/c1-2-4-13-9-14(6-5-12(13)3-1)18-11-15-10-16-7-8-17-15/h1-6,9,15-16H,7-8,10-11H2. The van der Waals surface area contributed by atoms with E-state index in [1.54, 1.807) is 0 Å². The molecular formula is C15H17NO2. The van der Waals surface area contributed by atoms with E-state index >= 15 is 0 Å². The Bertz CT molecular complexity index is 521. The van der Waals surface area contributed by atoms with Crippen molar-refractivity contribution in [1.29, 1.82) is 0 Å². The summed E-state index contributed by atoms with van der Waals surface area (Å²) >= 11 is 0. The van der Waals surface area contributed by atoms with Crippen LogP contribution in [-0.4, -0.2) is 32.4 Å². The van der Waals surface area contributed by atoms with Crippen LogP contribution in [0, 0.1) is 0 Å². The van der Waals surface area contributed by atoms with Crippen LogP contribution < -0.4 is 10.1 Å². The van der Waals surface area contributed by atoms with Crippen LogP contribution >= 0.6 is 0 Å². The summed E-state index contributed by atoms with van der Waals surface area (Å²) in [4.78, 5) is 0. The number of fused-ring (bicyclic) bond motifs is 1. The molecule has 1 aliphatic heterocycles. The zero-order valence-electron chi connectivity index (χ0n) is 10.3. The maximum Gasteiger partial charge on any atom is 0.120 e. The molecule has 3 nitrogen and oxygen atoms in total. The fourth-order valence-corrected chi connectivity index (χ4v) is 2.17. The molecule has 3 heteroatoms. The molecule has 2 aromatic rings. The molecule has 1 saturated heterocycles. The Morgan fingerprint density at radius 1 is 1.17 bits per heavy atom. The quantitative estimate of drug-likeness (QED) is 0.896. The van der Waals surface area contributed by atoms with Crippen molar-refractivity contribution in [3.8, 4) is 5.75 Å². The molecule has 0 saturated carbocycles. The third-order valence-corrected chi connectivity index (χ3v) is 3.16. The number of hydrogen-bond acceptors (Lipinski definition) is 3. The summed E-state index contributed by atoms with van der Waals surface area (Å²) in [6, 6.07) is 14.5. The van der Waals surface area contributed by atoms with Gasteiger partial charge < -0.3 is 14.8 Å². The molecule has 18 heavy (non-hydrogen) atoms. The summed E-state index contributed by atoms with van der Waals surface area (Å²) in [5, 5.41) is 5.74. The molecule has 3 rings (SSSR count). The van der Waals surface area contributed by atoms with E-state index in [4.69, 9.17) is 9.47 Å². The second-order valence-electron chi connectivity index (χ2n) is 4.52. The van der Waals surface area contributed by atoms with Crippen molar-refractivity contribution in [3.63, 3.8) is 0 Å². The molecule has 0 bridgehead atoms. The topological polar surface area (TPSA) is 30.5 Å². The van der Waals surface area contributed by atoms with Gasteiger partial charge in [-0.1, -0.05) is 30.3 Å². The van der Waals surface area contributed by atoms with Crippen LogP contribution in [0.15, 0.2) is 42.5 Å². The molecule has 1 unspecified atom stereocenters. The first-order valence-corrected chi connectivity index (χ1v) is 6.36. The number of nitrogens with one attached hydrogen (secondary N) is 1. The van der Waals surface area contributed by atoms with E-state index < -0.39 is 0 Å². The molecule has 0 radical (unpaired) electrons. The van der Waals surface area contributed by atoms with Crippen LogP contribution in [0.3, 0.4) is 0 Å². The largest absolute Gasteiger partial charge is 0.491 e. The smallest absolute Gasteiger partial charge is 0.120 e. The predicted octanol–water partition coefficient (Wildman–Crippen LogP) is 2.21. The second-order valence-corrected chi connectivity index (χ2v) is 4.52. The van der Waals surface area contributed by atoms with Crippen molar-refractivity contribution in [2.24, 2.45) is 0 Å². The first-order chi connectivity index (χ1) is 8.92. The summed E-state index contributed by atoms with van der Waals surface area (Å²) in [6.07, 6.45) is 0.158. The summed E-state index contributed by atoms with van der Waals surface area (Å²) in [5.41, 5.74) is 0. The van der Waals surface area contributed by atoms with Gasteiger partial charge in [-0.25, -0.2) is 0 Å². The van der Waals surface area contributed by atoms with Crippen LogP contribution in [0.2, 0.25) is 0 Å². The van der Waals surface area contributed by atoms with Crippen LogP contribution in [0.25, 0.3) is 10.8 Å². The van der Waals surface area contributed by atoms with E-state index in [2.05, 4.69) is 29.6 Å². The molecule has 2 aromatic carbocycles. The zero-order chi connectivity index (χ0) is 12.2. The van der Waals surface area contributed by atoms with Crippen LogP contribution in [0.5, 0.6) is 5.75 Å². The van der Waals surface area contributed by atoms with Crippen molar-refractivity contribution in [2.45, 2.75) is 6.10 Å². The molecule has 1 aliphatic rings. The van der Waals surface area contributed by atoms with Gasteiger partial charge in [0.2, 0.25) is 0 Å². The first-order valence-electron chi connectivity index (χ1n) is 6.36. The lowest BCUT2D eigenvalue weighted by Crippen LogP contribution is -2.41. The minimum atomic E-state index is 0.158. The molecule has 1 heterocycles. The average Bonchev–Trinajstić information content (AvgIpc) is 2.46. The van der Waals surface area contributed by atoms with Gasteiger partial charge in [0.25, 0.3) is 0 Å². The van der Waals surface area contributed by atoms with E-state index in [1.165, 1.54) is 10.8 Å². The minimum absolute atomic E-state index is 0.158. The SMILES string of the molecule is c1ccc2cc(OCC3CNCCO3)ccc2c1. The van der Waals surface area contributed by atoms with Crippen molar-refractivity contribution >= 4 is 10.8 Å². The van der Waals surface area contributed by atoms with Gasteiger partial charge >= 0.3 is 0 Å². The Kier molecular flexibility index (Phi) is 3.44. The Morgan fingerprint density at radius 3 is 2.89 bits per heavy atom. The molecule has 1 fully saturated rings. The lowest BCUT2D eigenvalue weighted by atomic mass is 10.1. The summed E-state index contributed by atoms with van der Waals surface area (Å²) < 4.78 is 11.4. The van der Waals surface area contributed by atoms with Gasteiger partial charge in [-0.05, 0) is 22.9 Å². The Morgan fingerprint density at radius 2 is 2.06 bits per heavy atom. The van der Waals surface area contributed by atoms with Gasteiger partial charge in [0.15, 0.2) is 0 Å². The number of hydrogen-bond donors (Lipinski definition) is 1. The number of ether oxygens (including phenoxy) is 2. The summed E-state index contributed by atoms with van der Waals surface area (Å²) in [5.74, 6) is 0.905. The Labute approximate surface area is 107 Å². The number of rotatable bonds is 3. The summed E-state index contributed by atoms with van der Waals surface area (Å²) in [7, 11) is 0. The lowest BCUT2D eigenvalue weighted by molar-refractivity contribution is 0.000223. The molecule has 94 valence electrons. The Balaban J connectivity index is 1.66. The van der Waals surface area contributed by atoms with Crippen molar-refractivity contribution < 1.29 is 9.47 Å². The molecule has 0 aliphatic carbocycles. The van der Waals surface area contributed by atoms with Crippen LogP contribution in [0.1, 0.15) is 0 Å². The second kappa shape index (κ2) is 5.38. The van der Waals surface area contributed by atoms with Gasteiger partial charge in [0, 0.05) is 13.1 Å². The highest BCUT2D eigenvalue weighted by Crippen LogP contribution is 2.20. The summed E-state index contributed by atoms with van der Waals surface area (Å²) in [6.45, 7) is 3.18. The maximum absolute atomic E-state index is 5.79. The third-order valence-electron chi connectivity index (χ3n) is 3.16. The minimum Gasteiger partial charge on any atom is -0.491 e. The fourth-order valence-electron chi connectivity index (χ4n) is 2.17. The van der Waals surface area contributed by atoms with Crippen molar-refractivity contribution in [1.82, 2.24) is 5.32 Å². The molecule has 0 amide bonds. The van der Waals surface area contributed by atoms with Gasteiger partial charge in [-0.2, -0.15) is 0 Å². The van der Waals surface area contributed by atoms with E-state index in [1.807, 2.05) is 18.2 Å². The first kappa shape index (κ1) is 11.5. The van der Waals surface area contributed by atoms with Crippen LogP contribution in [0.4, 0.5) is 0 Å². The highest BCUT2D eigenvalue weighted by molar-refractivity contribution is 5.83. The van der Waals surface area contributed by atoms with Crippen molar-refractivity contribution in [2.75, 3.05) is 26.3 Å². The highest BCUT2D eigenvalue weighted by Gasteiger charge is 2.13. The van der Waals surface area contributed by atoms with E-state index in [0.717, 1.165) is 25.4 Å².